The molecular weight excluding hydrogens is 322 g/mol. The molecule has 0 aliphatic heterocycles. The molecule has 0 aliphatic carbocycles. The second-order valence-corrected chi connectivity index (χ2v) is 6.86. The predicted molar refractivity (Wildman–Crippen MR) is 109 cm³/mol. The van der Waals surface area contributed by atoms with Crippen molar-refractivity contribution in [2.75, 3.05) is 13.7 Å². The van der Waals surface area contributed by atoms with Gasteiger partial charge in [0.1, 0.15) is 0 Å². The molecule has 0 saturated heterocycles. The molecule has 1 atom stereocenters. The standard InChI is InChI=1S/C22H29N3O/c1-4-15(2)16-10-7-11-18-17(9-5-6-13-23)21(25-20(16)18)19-12-8-14-24-22(19)26-3/h7-8,10-12,14-15,25H,4-6,9,13,23H2,1-3H3. The first-order valence-electron chi connectivity index (χ1n) is 9.54. The molecule has 0 saturated carbocycles. The molecule has 138 valence electrons. The number of unbranched alkanes of at least 4 members (excludes halogenated alkanes) is 1. The molecule has 3 aromatic rings. The number of aryl methyl sites for hydroxylation is 1. The quantitative estimate of drug-likeness (QED) is 0.559. The number of H-pyrrole nitrogens is 1. The summed E-state index contributed by atoms with van der Waals surface area (Å²) >= 11 is 0. The van der Waals surface area contributed by atoms with Crippen LogP contribution in [0.2, 0.25) is 0 Å². The molecule has 0 radical (unpaired) electrons. The molecular formula is C22H29N3O. The van der Waals surface area contributed by atoms with E-state index in [0.29, 0.717) is 11.8 Å². The van der Waals surface area contributed by atoms with E-state index in [9.17, 15) is 0 Å². The van der Waals surface area contributed by atoms with E-state index in [1.54, 1.807) is 13.3 Å². The Labute approximate surface area is 155 Å². The maximum atomic E-state index is 5.72. The van der Waals surface area contributed by atoms with E-state index in [1.807, 2.05) is 6.07 Å². The number of benzene rings is 1. The first-order valence-corrected chi connectivity index (χ1v) is 9.54. The van der Waals surface area contributed by atoms with Gasteiger partial charge in [0.15, 0.2) is 0 Å². The fourth-order valence-electron chi connectivity index (χ4n) is 3.61. The lowest BCUT2D eigenvalue weighted by Gasteiger charge is -2.10. The van der Waals surface area contributed by atoms with Gasteiger partial charge < -0.3 is 15.5 Å². The maximum absolute atomic E-state index is 5.72. The molecule has 0 fully saturated rings. The first kappa shape index (κ1) is 18.5. The average molecular weight is 351 g/mol. The van der Waals surface area contributed by atoms with Crippen LogP contribution in [0.15, 0.2) is 36.5 Å². The molecule has 26 heavy (non-hydrogen) atoms. The molecule has 1 unspecified atom stereocenters. The van der Waals surface area contributed by atoms with E-state index in [2.05, 4.69) is 48.1 Å². The van der Waals surface area contributed by atoms with Crippen LogP contribution in [0.1, 0.15) is 50.2 Å². The van der Waals surface area contributed by atoms with Crippen molar-refractivity contribution in [3.8, 4) is 17.1 Å². The number of hydrogen-bond acceptors (Lipinski definition) is 3. The Bertz CT molecular complexity index is 869. The normalized spacial score (nSPS) is 12.5. The van der Waals surface area contributed by atoms with Crippen LogP contribution in [0.25, 0.3) is 22.2 Å². The molecule has 4 heteroatoms. The van der Waals surface area contributed by atoms with Crippen LogP contribution in [-0.4, -0.2) is 23.6 Å². The maximum Gasteiger partial charge on any atom is 0.222 e. The van der Waals surface area contributed by atoms with Gasteiger partial charge in [-0.1, -0.05) is 32.0 Å². The van der Waals surface area contributed by atoms with Gasteiger partial charge in [0, 0.05) is 17.1 Å². The molecule has 4 nitrogen and oxygen atoms in total. The summed E-state index contributed by atoms with van der Waals surface area (Å²) in [5.41, 5.74) is 11.8. The summed E-state index contributed by atoms with van der Waals surface area (Å²) in [6, 6.07) is 10.7. The number of ether oxygens (including phenoxy) is 1. The second-order valence-electron chi connectivity index (χ2n) is 6.86. The smallest absolute Gasteiger partial charge is 0.222 e. The van der Waals surface area contributed by atoms with Crippen LogP contribution in [0.4, 0.5) is 0 Å². The zero-order chi connectivity index (χ0) is 18.5. The minimum atomic E-state index is 0.512. The van der Waals surface area contributed by atoms with Gasteiger partial charge in [0.05, 0.1) is 18.4 Å². The van der Waals surface area contributed by atoms with Gasteiger partial charge in [-0.05, 0) is 61.4 Å². The van der Waals surface area contributed by atoms with E-state index in [-0.39, 0.29) is 0 Å². The van der Waals surface area contributed by atoms with Gasteiger partial charge in [0.2, 0.25) is 5.88 Å². The fourth-order valence-corrected chi connectivity index (χ4v) is 3.61. The minimum Gasteiger partial charge on any atom is -0.481 e. The molecule has 0 aliphatic rings. The van der Waals surface area contributed by atoms with Crippen molar-refractivity contribution in [2.24, 2.45) is 5.73 Å². The number of nitrogens with one attached hydrogen (secondary N) is 1. The Morgan fingerprint density at radius 1 is 1.19 bits per heavy atom. The van der Waals surface area contributed by atoms with Gasteiger partial charge in [-0.15, -0.1) is 0 Å². The van der Waals surface area contributed by atoms with E-state index < -0.39 is 0 Å². The van der Waals surface area contributed by atoms with Crippen LogP contribution in [-0.2, 0) is 6.42 Å². The van der Waals surface area contributed by atoms with Gasteiger partial charge in [-0.2, -0.15) is 0 Å². The molecule has 3 rings (SSSR count). The number of nitrogens with two attached hydrogens (primary N) is 1. The van der Waals surface area contributed by atoms with Crippen LogP contribution in [0, 0.1) is 0 Å². The van der Waals surface area contributed by atoms with Crippen molar-refractivity contribution in [3.05, 3.63) is 47.7 Å². The second kappa shape index (κ2) is 8.37. The molecule has 3 N–H and O–H groups in total. The van der Waals surface area contributed by atoms with Crippen molar-refractivity contribution in [1.29, 1.82) is 0 Å². The van der Waals surface area contributed by atoms with E-state index >= 15 is 0 Å². The van der Waals surface area contributed by atoms with Crippen molar-refractivity contribution in [1.82, 2.24) is 9.97 Å². The summed E-state index contributed by atoms with van der Waals surface area (Å²) in [5.74, 6) is 1.17. The molecule has 1 aromatic carbocycles. The Morgan fingerprint density at radius 3 is 2.77 bits per heavy atom. The zero-order valence-corrected chi connectivity index (χ0v) is 16.0. The number of methoxy groups -OCH3 is 1. The van der Waals surface area contributed by atoms with E-state index in [4.69, 9.17) is 10.5 Å². The third kappa shape index (κ3) is 3.47. The minimum absolute atomic E-state index is 0.512. The van der Waals surface area contributed by atoms with E-state index in [1.165, 1.54) is 22.0 Å². The highest BCUT2D eigenvalue weighted by molar-refractivity contribution is 5.93. The lowest BCUT2D eigenvalue weighted by Crippen LogP contribution is -1.99. The Balaban J connectivity index is 2.21. The third-order valence-electron chi connectivity index (χ3n) is 5.23. The highest BCUT2D eigenvalue weighted by atomic mass is 16.5. The summed E-state index contributed by atoms with van der Waals surface area (Å²) in [6.07, 6.45) is 5.98. The van der Waals surface area contributed by atoms with Crippen LogP contribution < -0.4 is 10.5 Å². The lowest BCUT2D eigenvalue weighted by molar-refractivity contribution is 0.399. The summed E-state index contributed by atoms with van der Waals surface area (Å²) in [4.78, 5) is 8.11. The highest BCUT2D eigenvalue weighted by Gasteiger charge is 2.19. The number of aromatic amines is 1. The van der Waals surface area contributed by atoms with Crippen LogP contribution in [0.3, 0.4) is 0 Å². The predicted octanol–water partition coefficient (Wildman–Crippen LogP) is 5.03. The first-order chi connectivity index (χ1) is 12.7. The van der Waals surface area contributed by atoms with Crippen molar-refractivity contribution in [2.45, 2.75) is 45.4 Å². The van der Waals surface area contributed by atoms with Crippen molar-refractivity contribution in [3.63, 3.8) is 0 Å². The molecule has 0 spiro atoms. The van der Waals surface area contributed by atoms with Crippen molar-refractivity contribution < 1.29 is 4.74 Å². The van der Waals surface area contributed by atoms with Crippen LogP contribution in [0.5, 0.6) is 5.88 Å². The van der Waals surface area contributed by atoms with Crippen molar-refractivity contribution >= 4 is 10.9 Å². The van der Waals surface area contributed by atoms with Gasteiger partial charge in [-0.25, -0.2) is 4.98 Å². The Morgan fingerprint density at radius 2 is 2.04 bits per heavy atom. The topological polar surface area (TPSA) is 63.9 Å². The third-order valence-corrected chi connectivity index (χ3v) is 5.23. The van der Waals surface area contributed by atoms with Crippen LogP contribution >= 0.6 is 0 Å². The number of hydrogen-bond donors (Lipinski definition) is 2. The molecule has 2 aromatic heterocycles. The Hall–Kier alpha value is -2.33. The summed E-state index contributed by atoms with van der Waals surface area (Å²) in [5, 5.41) is 1.31. The number of nitrogens with zero attached hydrogens (tertiary/aromatic N) is 1. The summed E-state index contributed by atoms with van der Waals surface area (Å²) < 4.78 is 5.52. The van der Waals surface area contributed by atoms with Gasteiger partial charge in [-0.3, -0.25) is 0 Å². The summed E-state index contributed by atoms with van der Waals surface area (Å²) in [6.45, 7) is 5.25. The average Bonchev–Trinajstić information content (AvgIpc) is 3.06. The lowest BCUT2D eigenvalue weighted by atomic mass is 9.94. The number of rotatable bonds is 8. The Kier molecular flexibility index (Phi) is 5.94. The van der Waals surface area contributed by atoms with E-state index in [0.717, 1.165) is 43.5 Å². The SMILES string of the molecule is CCC(C)c1cccc2c(CCCCN)c(-c3cccnc3OC)[nH]c12. The van der Waals surface area contributed by atoms with Gasteiger partial charge in [0.25, 0.3) is 0 Å². The molecule has 2 heterocycles. The fraction of sp³-hybridized carbons (Fsp3) is 0.409. The number of aromatic nitrogens is 2. The number of para-hydroxylation sites is 1. The summed E-state index contributed by atoms with van der Waals surface area (Å²) in [7, 11) is 1.67. The highest BCUT2D eigenvalue weighted by Crippen LogP contribution is 2.38. The molecule has 0 amide bonds. The number of pyridine rings is 1. The largest absolute Gasteiger partial charge is 0.481 e. The number of fused-ring (bicyclic) bond motifs is 1. The molecule has 0 bridgehead atoms. The van der Waals surface area contributed by atoms with Gasteiger partial charge >= 0.3 is 0 Å². The zero-order valence-electron chi connectivity index (χ0n) is 16.0. The monoisotopic (exact) mass is 351 g/mol.